The van der Waals surface area contributed by atoms with Gasteiger partial charge in [0.25, 0.3) is 0 Å². The third-order valence-electron chi connectivity index (χ3n) is 6.56. The summed E-state index contributed by atoms with van der Waals surface area (Å²) >= 11 is 0. The Morgan fingerprint density at radius 3 is 2.67 bits per heavy atom. The second-order valence-electron chi connectivity index (χ2n) is 8.22. The van der Waals surface area contributed by atoms with E-state index in [1.807, 2.05) is 13.0 Å². The van der Waals surface area contributed by atoms with Gasteiger partial charge in [-0.1, -0.05) is 18.2 Å². The first-order valence-electron chi connectivity index (χ1n) is 11.0. The average Bonchev–Trinajstić information content (AvgIpc) is 3.40. The summed E-state index contributed by atoms with van der Waals surface area (Å²) in [4.78, 5) is 42.6. The smallest absolute Gasteiger partial charge is 0.341 e. The minimum absolute atomic E-state index is 0.0828. The molecule has 170 valence electrons. The van der Waals surface area contributed by atoms with Crippen molar-refractivity contribution >= 4 is 23.3 Å². The number of benzene rings is 1. The van der Waals surface area contributed by atoms with Crippen LogP contribution in [0.25, 0.3) is 0 Å². The highest BCUT2D eigenvalue weighted by Gasteiger charge is 2.64. The molecule has 8 nitrogen and oxygen atoms in total. The Balaban J connectivity index is 1.78. The molecule has 0 saturated heterocycles. The first-order chi connectivity index (χ1) is 15.9. The molecule has 0 radical (unpaired) electrons. The Hall–Kier alpha value is -3.81. The molecule has 2 atom stereocenters. The number of esters is 1. The van der Waals surface area contributed by atoms with Crippen molar-refractivity contribution in [2.24, 2.45) is 5.73 Å². The molecule has 0 fully saturated rings. The minimum atomic E-state index is -1.71. The third kappa shape index (κ3) is 2.79. The van der Waals surface area contributed by atoms with Gasteiger partial charge in [0.1, 0.15) is 22.5 Å². The van der Waals surface area contributed by atoms with Crippen LogP contribution >= 0.6 is 0 Å². The fourth-order valence-electron chi connectivity index (χ4n) is 5.32. The number of nitrogens with two attached hydrogens (primary N) is 1. The molecule has 1 aliphatic carbocycles. The van der Waals surface area contributed by atoms with Crippen molar-refractivity contribution in [2.75, 3.05) is 18.1 Å². The summed E-state index contributed by atoms with van der Waals surface area (Å²) in [6.45, 7) is 3.95. The van der Waals surface area contributed by atoms with Gasteiger partial charge in [0.15, 0.2) is 5.78 Å². The SMILES string of the molecule is CCOC(=O)C1=C(N)OC2=C(C(=O)C[C@@H](c3ccco3)C2)[C@]12C(=O)N(CC)c1ccccc12. The molecule has 0 saturated carbocycles. The van der Waals surface area contributed by atoms with Crippen LogP contribution in [0.15, 0.2) is 69.9 Å². The lowest BCUT2D eigenvalue weighted by Gasteiger charge is -2.40. The van der Waals surface area contributed by atoms with Crippen LogP contribution in [0.5, 0.6) is 0 Å². The van der Waals surface area contributed by atoms with Crippen molar-refractivity contribution in [2.45, 2.75) is 38.0 Å². The Labute approximate surface area is 190 Å². The van der Waals surface area contributed by atoms with E-state index < -0.39 is 17.3 Å². The molecule has 3 heterocycles. The van der Waals surface area contributed by atoms with Crippen molar-refractivity contribution < 1.29 is 28.3 Å². The lowest BCUT2D eigenvalue weighted by molar-refractivity contribution is -0.141. The summed E-state index contributed by atoms with van der Waals surface area (Å²) in [5, 5.41) is 0. The highest BCUT2D eigenvalue weighted by Crippen LogP contribution is 2.57. The Morgan fingerprint density at radius 2 is 1.97 bits per heavy atom. The van der Waals surface area contributed by atoms with E-state index in [2.05, 4.69) is 0 Å². The highest BCUT2D eigenvalue weighted by molar-refractivity contribution is 6.23. The number of rotatable bonds is 4. The molecule has 8 heteroatoms. The van der Waals surface area contributed by atoms with Crippen molar-refractivity contribution in [3.8, 4) is 0 Å². The number of fused-ring (bicyclic) bond motifs is 3. The number of amides is 1. The van der Waals surface area contributed by atoms with Crippen LogP contribution < -0.4 is 10.6 Å². The first-order valence-corrected chi connectivity index (χ1v) is 11.0. The van der Waals surface area contributed by atoms with Gasteiger partial charge in [-0.25, -0.2) is 4.79 Å². The van der Waals surface area contributed by atoms with Gasteiger partial charge >= 0.3 is 5.97 Å². The Morgan fingerprint density at radius 1 is 1.18 bits per heavy atom. The van der Waals surface area contributed by atoms with Gasteiger partial charge in [-0.2, -0.15) is 0 Å². The predicted octanol–water partition coefficient (Wildman–Crippen LogP) is 3.05. The molecule has 1 aromatic carbocycles. The van der Waals surface area contributed by atoms with Crippen molar-refractivity contribution in [3.63, 3.8) is 0 Å². The molecular weight excluding hydrogens is 424 g/mol. The van der Waals surface area contributed by atoms with E-state index in [0.717, 1.165) is 0 Å². The Kier molecular flexibility index (Phi) is 4.88. The number of carbonyl (C=O) groups is 3. The predicted molar refractivity (Wildman–Crippen MR) is 118 cm³/mol. The quantitative estimate of drug-likeness (QED) is 0.716. The zero-order valence-corrected chi connectivity index (χ0v) is 18.4. The van der Waals surface area contributed by atoms with Crippen LogP contribution in [0.3, 0.4) is 0 Å². The summed E-state index contributed by atoms with van der Waals surface area (Å²) in [6.07, 6.45) is 1.99. The van der Waals surface area contributed by atoms with Crippen LogP contribution in [0.2, 0.25) is 0 Å². The van der Waals surface area contributed by atoms with E-state index >= 15 is 0 Å². The van der Waals surface area contributed by atoms with Crippen LogP contribution in [0.4, 0.5) is 5.69 Å². The van der Waals surface area contributed by atoms with Crippen molar-refractivity contribution in [3.05, 3.63) is 76.8 Å². The monoisotopic (exact) mass is 448 g/mol. The minimum Gasteiger partial charge on any atom is -0.469 e. The molecule has 1 amide bonds. The largest absolute Gasteiger partial charge is 0.469 e. The second kappa shape index (κ2) is 7.65. The van der Waals surface area contributed by atoms with Gasteiger partial charge in [-0.3, -0.25) is 9.59 Å². The maximum Gasteiger partial charge on any atom is 0.341 e. The van der Waals surface area contributed by atoms with E-state index in [1.165, 1.54) is 0 Å². The molecule has 3 aliphatic rings. The van der Waals surface area contributed by atoms with E-state index in [1.54, 1.807) is 48.4 Å². The molecule has 1 aromatic heterocycles. The summed E-state index contributed by atoms with van der Waals surface area (Å²) in [5.41, 5.74) is 5.79. The normalized spacial score (nSPS) is 24.2. The number of nitrogens with zero attached hydrogens (tertiary/aromatic N) is 1. The number of anilines is 1. The maximum absolute atomic E-state index is 14.1. The number of allylic oxidation sites excluding steroid dienone is 1. The molecule has 2 aromatic rings. The van der Waals surface area contributed by atoms with E-state index in [0.29, 0.717) is 35.7 Å². The topological polar surface area (TPSA) is 112 Å². The van der Waals surface area contributed by atoms with Crippen LogP contribution in [0.1, 0.15) is 43.9 Å². The molecule has 2 aliphatic heterocycles. The van der Waals surface area contributed by atoms with Gasteiger partial charge in [-0.15, -0.1) is 0 Å². The second-order valence-corrected chi connectivity index (χ2v) is 8.22. The van der Waals surface area contributed by atoms with E-state index in [-0.39, 0.29) is 41.8 Å². The summed E-state index contributed by atoms with van der Waals surface area (Å²) in [6, 6.07) is 10.7. The molecule has 2 N–H and O–H groups in total. The number of furan rings is 1. The van der Waals surface area contributed by atoms with Gasteiger partial charge in [0.05, 0.1) is 18.4 Å². The molecule has 5 rings (SSSR count). The molecule has 1 spiro atoms. The molecule has 33 heavy (non-hydrogen) atoms. The fourth-order valence-corrected chi connectivity index (χ4v) is 5.32. The van der Waals surface area contributed by atoms with Gasteiger partial charge in [-0.05, 0) is 32.0 Å². The Bertz CT molecular complexity index is 1230. The zero-order chi connectivity index (χ0) is 23.3. The van der Waals surface area contributed by atoms with Gasteiger partial charge in [0.2, 0.25) is 11.8 Å². The van der Waals surface area contributed by atoms with E-state index in [9.17, 15) is 14.4 Å². The van der Waals surface area contributed by atoms with Crippen LogP contribution in [-0.2, 0) is 29.3 Å². The molecule has 0 unspecified atom stereocenters. The van der Waals surface area contributed by atoms with Crippen LogP contribution in [-0.4, -0.2) is 30.8 Å². The molecular formula is C25H24N2O6. The number of para-hydroxylation sites is 1. The van der Waals surface area contributed by atoms with Crippen molar-refractivity contribution in [1.82, 2.24) is 0 Å². The third-order valence-corrected chi connectivity index (χ3v) is 6.56. The lowest BCUT2D eigenvalue weighted by Crippen LogP contribution is -2.51. The summed E-state index contributed by atoms with van der Waals surface area (Å²) in [5.74, 6) is -0.996. The average molecular weight is 448 g/mol. The lowest BCUT2D eigenvalue weighted by atomic mass is 9.63. The maximum atomic E-state index is 14.1. The number of Topliss-reactive ketones (excluding diaryl/α,β-unsaturated/α-hetero) is 1. The molecule has 0 bridgehead atoms. The van der Waals surface area contributed by atoms with E-state index in [4.69, 9.17) is 19.6 Å². The highest BCUT2D eigenvalue weighted by atomic mass is 16.5. The van der Waals surface area contributed by atoms with Crippen LogP contribution in [0, 0.1) is 0 Å². The fraction of sp³-hybridized carbons (Fsp3) is 0.320. The number of carbonyl (C=O) groups excluding carboxylic acids is 3. The van der Waals surface area contributed by atoms with Gasteiger partial charge in [0, 0.05) is 36.6 Å². The number of ether oxygens (including phenoxy) is 2. The number of hydrogen-bond donors (Lipinski definition) is 1. The number of likely N-dealkylation sites (N-methyl/N-ethyl adjacent to an activating group) is 1. The standard InChI is InChI=1S/C25H24N2O6/c1-3-27-16-9-6-5-8-15(16)25(24(27)30)20-17(28)12-14(18-10-7-11-32-18)13-19(20)33-22(26)21(25)23(29)31-4-2/h5-11,14H,3-4,12-13,26H2,1-2H3/t14-,25+/m1/s1. The summed E-state index contributed by atoms with van der Waals surface area (Å²) < 4.78 is 16.7. The number of ketones is 1. The number of hydrogen-bond acceptors (Lipinski definition) is 7. The zero-order valence-electron chi connectivity index (χ0n) is 18.4. The van der Waals surface area contributed by atoms with Crippen molar-refractivity contribution in [1.29, 1.82) is 0 Å². The van der Waals surface area contributed by atoms with Gasteiger partial charge < -0.3 is 24.5 Å². The first kappa shape index (κ1) is 21.1. The summed E-state index contributed by atoms with van der Waals surface area (Å²) in [7, 11) is 0.